The molecule has 4 rings (SSSR count). The Bertz CT molecular complexity index is 727. The lowest BCUT2D eigenvalue weighted by Crippen LogP contribution is -2.28. The van der Waals surface area contributed by atoms with Gasteiger partial charge >= 0.3 is 0 Å². The van der Waals surface area contributed by atoms with E-state index in [1.54, 1.807) is 0 Å². The highest BCUT2D eigenvalue weighted by atomic mass is 15.2. The summed E-state index contributed by atoms with van der Waals surface area (Å²) in [6.45, 7) is 2.07. The maximum atomic E-state index is 4.52. The summed E-state index contributed by atoms with van der Waals surface area (Å²) in [5.74, 6) is 1.10. The van der Waals surface area contributed by atoms with Crippen LogP contribution in [0.15, 0.2) is 36.5 Å². The second-order valence-corrected chi connectivity index (χ2v) is 4.62. The SMILES string of the molecule is CN1CCn2c3ccccc3c3ccnc1c32. The number of hydrogen-bond donors (Lipinski definition) is 0. The number of fused-ring (bicyclic) bond motifs is 3. The van der Waals surface area contributed by atoms with Gasteiger partial charge in [0.2, 0.25) is 0 Å². The highest BCUT2D eigenvalue weighted by Gasteiger charge is 2.20. The van der Waals surface area contributed by atoms with Crippen molar-refractivity contribution in [3.8, 4) is 0 Å². The number of anilines is 1. The van der Waals surface area contributed by atoms with Crippen molar-refractivity contribution in [2.24, 2.45) is 0 Å². The Kier molecular flexibility index (Phi) is 1.60. The van der Waals surface area contributed by atoms with E-state index in [1.807, 2.05) is 6.20 Å². The summed E-state index contributed by atoms with van der Waals surface area (Å²) in [5, 5.41) is 2.65. The molecule has 0 unspecified atom stereocenters. The summed E-state index contributed by atoms with van der Waals surface area (Å²) >= 11 is 0. The zero-order chi connectivity index (χ0) is 11.4. The molecule has 0 atom stereocenters. The third-order valence-electron chi connectivity index (χ3n) is 3.68. The molecule has 1 aliphatic heterocycles. The fourth-order valence-corrected chi connectivity index (χ4v) is 2.85. The van der Waals surface area contributed by atoms with E-state index in [0.717, 1.165) is 18.9 Å². The molecule has 0 saturated heterocycles. The third kappa shape index (κ3) is 1.04. The van der Waals surface area contributed by atoms with Crippen LogP contribution in [0.5, 0.6) is 0 Å². The first-order chi connectivity index (χ1) is 8.36. The quantitative estimate of drug-likeness (QED) is 0.584. The van der Waals surface area contributed by atoms with E-state index in [4.69, 9.17) is 0 Å². The lowest BCUT2D eigenvalue weighted by Gasteiger charge is -2.25. The molecule has 84 valence electrons. The number of pyridine rings is 1. The van der Waals surface area contributed by atoms with Gasteiger partial charge in [-0.25, -0.2) is 4.98 Å². The van der Waals surface area contributed by atoms with Crippen LogP contribution >= 0.6 is 0 Å². The van der Waals surface area contributed by atoms with Crippen LogP contribution in [-0.4, -0.2) is 23.1 Å². The Hall–Kier alpha value is -2.03. The molecule has 3 heterocycles. The summed E-state index contributed by atoms with van der Waals surface area (Å²) < 4.78 is 2.40. The molecule has 3 nitrogen and oxygen atoms in total. The summed E-state index contributed by atoms with van der Waals surface area (Å²) in [5.41, 5.74) is 2.60. The average molecular weight is 223 g/mol. The minimum Gasteiger partial charge on any atom is -0.356 e. The Balaban J connectivity index is 2.31. The summed E-state index contributed by atoms with van der Waals surface area (Å²) in [4.78, 5) is 6.76. The predicted molar refractivity (Wildman–Crippen MR) is 70.5 cm³/mol. The van der Waals surface area contributed by atoms with Gasteiger partial charge in [-0.1, -0.05) is 18.2 Å². The Morgan fingerprint density at radius 1 is 1.06 bits per heavy atom. The van der Waals surface area contributed by atoms with E-state index in [0.29, 0.717) is 0 Å². The molecular formula is C14H13N3. The maximum Gasteiger partial charge on any atom is 0.152 e. The van der Waals surface area contributed by atoms with E-state index in [-0.39, 0.29) is 0 Å². The smallest absolute Gasteiger partial charge is 0.152 e. The van der Waals surface area contributed by atoms with Gasteiger partial charge in [0.25, 0.3) is 0 Å². The van der Waals surface area contributed by atoms with Gasteiger partial charge in [-0.3, -0.25) is 0 Å². The van der Waals surface area contributed by atoms with Crippen molar-refractivity contribution in [3.63, 3.8) is 0 Å². The molecule has 1 aromatic carbocycles. The number of hydrogen-bond acceptors (Lipinski definition) is 2. The van der Waals surface area contributed by atoms with Crippen LogP contribution < -0.4 is 4.90 Å². The van der Waals surface area contributed by atoms with E-state index in [9.17, 15) is 0 Å². The molecule has 0 saturated carbocycles. The molecule has 0 bridgehead atoms. The minimum absolute atomic E-state index is 1.03. The summed E-state index contributed by atoms with van der Waals surface area (Å²) in [6.07, 6.45) is 1.91. The van der Waals surface area contributed by atoms with Gasteiger partial charge in [0.05, 0.1) is 5.52 Å². The molecule has 2 aromatic heterocycles. The molecule has 3 aromatic rings. The summed E-state index contributed by atoms with van der Waals surface area (Å²) in [7, 11) is 2.11. The van der Waals surface area contributed by atoms with Gasteiger partial charge in [0.15, 0.2) is 5.82 Å². The standard InChI is InChI=1S/C14H13N3/c1-16-8-9-17-12-5-3-2-4-10(12)11-6-7-15-14(16)13(11)17/h2-7H,8-9H2,1H3. The number of para-hydroxylation sites is 1. The number of aromatic nitrogens is 2. The van der Waals surface area contributed by atoms with Gasteiger partial charge in [-0.05, 0) is 12.1 Å². The maximum absolute atomic E-state index is 4.52. The Morgan fingerprint density at radius 3 is 2.88 bits per heavy atom. The average Bonchev–Trinajstić information content (AvgIpc) is 2.70. The number of rotatable bonds is 0. The van der Waals surface area contributed by atoms with E-state index >= 15 is 0 Å². The van der Waals surface area contributed by atoms with Crippen molar-refractivity contribution in [1.82, 2.24) is 9.55 Å². The van der Waals surface area contributed by atoms with E-state index < -0.39 is 0 Å². The van der Waals surface area contributed by atoms with Crippen molar-refractivity contribution in [1.29, 1.82) is 0 Å². The van der Waals surface area contributed by atoms with Crippen LogP contribution in [0, 0.1) is 0 Å². The zero-order valence-electron chi connectivity index (χ0n) is 9.72. The molecule has 0 N–H and O–H groups in total. The monoisotopic (exact) mass is 223 g/mol. The van der Waals surface area contributed by atoms with Crippen molar-refractivity contribution in [3.05, 3.63) is 36.5 Å². The molecular weight excluding hydrogens is 210 g/mol. The summed E-state index contributed by atoms with van der Waals surface area (Å²) in [6, 6.07) is 10.7. The first kappa shape index (κ1) is 9.05. The van der Waals surface area contributed by atoms with Gasteiger partial charge in [-0.15, -0.1) is 0 Å². The number of benzene rings is 1. The van der Waals surface area contributed by atoms with Crippen molar-refractivity contribution in [2.45, 2.75) is 6.54 Å². The molecule has 1 aliphatic rings. The molecule has 3 heteroatoms. The van der Waals surface area contributed by atoms with Crippen LogP contribution in [-0.2, 0) is 6.54 Å². The largest absolute Gasteiger partial charge is 0.356 e. The molecule has 0 fully saturated rings. The fraction of sp³-hybridized carbons (Fsp3) is 0.214. The highest BCUT2D eigenvalue weighted by molar-refractivity contribution is 6.11. The van der Waals surface area contributed by atoms with Crippen LogP contribution in [0.4, 0.5) is 5.82 Å². The first-order valence-electron chi connectivity index (χ1n) is 5.93. The number of likely N-dealkylation sites (N-methyl/N-ethyl adjacent to an activating group) is 1. The number of nitrogens with zero attached hydrogens (tertiary/aromatic N) is 3. The van der Waals surface area contributed by atoms with Crippen molar-refractivity contribution < 1.29 is 0 Å². The molecule has 0 aliphatic carbocycles. The van der Waals surface area contributed by atoms with E-state index in [2.05, 4.69) is 51.8 Å². The van der Waals surface area contributed by atoms with Gasteiger partial charge in [0.1, 0.15) is 0 Å². The molecule has 17 heavy (non-hydrogen) atoms. The third-order valence-corrected chi connectivity index (χ3v) is 3.68. The van der Waals surface area contributed by atoms with Crippen LogP contribution in [0.25, 0.3) is 21.8 Å². The molecule has 0 radical (unpaired) electrons. The van der Waals surface area contributed by atoms with Gasteiger partial charge in [-0.2, -0.15) is 0 Å². The Labute approximate surface area is 99.3 Å². The lowest BCUT2D eigenvalue weighted by atomic mass is 10.2. The zero-order valence-corrected chi connectivity index (χ0v) is 9.72. The van der Waals surface area contributed by atoms with E-state index in [1.165, 1.54) is 21.8 Å². The topological polar surface area (TPSA) is 21.1 Å². The second kappa shape index (κ2) is 3.00. The van der Waals surface area contributed by atoms with Gasteiger partial charge in [0, 0.05) is 42.6 Å². The normalized spacial score (nSPS) is 14.8. The van der Waals surface area contributed by atoms with Crippen LogP contribution in [0.2, 0.25) is 0 Å². The minimum atomic E-state index is 1.03. The van der Waals surface area contributed by atoms with Crippen molar-refractivity contribution in [2.75, 3.05) is 18.5 Å². The predicted octanol–water partition coefficient (Wildman–Crippen LogP) is 2.64. The lowest BCUT2D eigenvalue weighted by molar-refractivity contribution is 0.694. The fourth-order valence-electron chi connectivity index (χ4n) is 2.85. The van der Waals surface area contributed by atoms with Crippen LogP contribution in [0.1, 0.15) is 0 Å². The van der Waals surface area contributed by atoms with Gasteiger partial charge < -0.3 is 9.47 Å². The van der Waals surface area contributed by atoms with Crippen molar-refractivity contribution >= 4 is 27.6 Å². The highest BCUT2D eigenvalue weighted by Crippen LogP contribution is 2.35. The molecule has 0 amide bonds. The second-order valence-electron chi connectivity index (χ2n) is 4.62. The first-order valence-corrected chi connectivity index (χ1v) is 5.93. The Morgan fingerprint density at radius 2 is 1.94 bits per heavy atom. The molecule has 0 spiro atoms. The van der Waals surface area contributed by atoms with Crippen LogP contribution in [0.3, 0.4) is 0 Å².